The number of esters is 1. The summed E-state index contributed by atoms with van der Waals surface area (Å²) < 4.78 is 5.45. The molecule has 11 heteroatoms. The minimum Gasteiger partial charge on any atom is -0.460 e. The summed E-state index contributed by atoms with van der Waals surface area (Å²) in [4.78, 5) is 50.1. The lowest BCUT2D eigenvalue weighted by atomic mass is 9.89. The fraction of sp³-hybridized carbons (Fsp3) is 0.348. The lowest BCUT2D eigenvalue weighted by Crippen LogP contribution is -2.73. The second kappa shape index (κ2) is 9.43. The van der Waals surface area contributed by atoms with Crippen LogP contribution in [-0.4, -0.2) is 51.3 Å². The molecule has 2 unspecified atom stereocenters. The van der Waals surface area contributed by atoms with Gasteiger partial charge in [0.25, 0.3) is 11.6 Å². The van der Waals surface area contributed by atoms with E-state index in [4.69, 9.17) is 10.5 Å². The van der Waals surface area contributed by atoms with Gasteiger partial charge in [0.15, 0.2) is 0 Å². The summed E-state index contributed by atoms with van der Waals surface area (Å²) in [7, 11) is 0. The molecule has 0 aromatic heterocycles. The number of carbonyl (C=O) groups is 3. The number of β-lactam (4-membered cyclic amide) rings is 1. The summed E-state index contributed by atoms with van der Waals surface area (Å²) in [6.07, 6.45) is 0. The van der Waals surface area contributed by atoms with Crippen molar-refractivity contribution in [2.75, 3.05) is 12.3 Å². The molecule has 178 valence electrons. The standard InChI is InChI=1S/C23H24N4O6S/c1-23(22(30)33-11-14-6-8-16(9-7-14)27(31)32)12-26-20(29)18(21(26)34-13-23)25-19(28)17-5-3-2-4-15(17)10-24/h2-9,18,21H,10-13,24H2,1H3,(H,25,28)/t18?,21-,23?/m1/s1. The zero-order chi connectivity index (χ0) is 24.5. The van der Waals surface area contributed by atoms with Crippen LogP contribution in [0.15, 0.2) is 48.5 Å². The van der Waals surface area contributed by atoms with Crippen LogP contribution in [0.1, 0.15) is 28.4 Å². The number of hydrogen-bond acceptors (Lipinski definition) is 8. The van der Waals surface area contributed by atoms with Crippen LogP contribution in [0, 0.1) is 15.5 Å². The van der Waals surface area contributed by atoms with Gasteiger partial charge in [-0.1, -0.05) is 18.2 Å². The van der Waals surface area contributed by atoms with Crippen LogP contribution in [-0.2, 0) is 27.5 Å². The van der Waals surface area contributed by atoms with Crippen LogP contribution in [0.2, 0.25) is 0 Å². The van der Waals surface area contributed by atoms with E-state index >= 15 is 0 Å². The number of hydrogen-bond donors (Lipinski definition) is 2. The number of nitrogens with two attached hydrogens (primary N) is 1. The van der Waals surface area contributed by atoms with Crippen LogP contribution < -0.4 is 11.1 Å². The third-order valence-corrected chi connectivity index (χ3v) is 7.68. The fourth-order valence-electron chi connectivity index (χ4n) is 4.00. The minimum absolute atomic E-state index is 0.0201. The zero-order valence-electron chi connectivity index (χ0n) is 18.4. The highest BCUT2D eigenvalue weighted by Gasteiger charge is 2.56. The summed E-state index contributed by atoms with van der Waals surface area (Å²) in [5.74, 6) is -0.624. The van der Waals surface area contributed by atoms with Crippen LogP contribution in [0.25, 0.3) is 0 Å². The van der Waals surface area contributed by atoms with Gasteiger partial charge in [0.05, 0.1) is 10.3 Å². The summed E-state index contributed by atoms with van der Waals surface area (Å²) >= 11 is 1.42. The Morgan fingerprint density at radius 1 is 1.26 bits per heavy atom. The van der Waals surface area contributed by atoms with Gasteiger partial charge < -0.3 is 20.7 Å². The zero-order valence-corrected chi connectivity index (χ0v) is 19.2. The molecule has 34 heavy (non-hydrogen) atoms. The normalized spacial score (nSPS) is 23.5. The molecule has 2 aromatic carbocycles. The number of fused-ring (bicyclic) bond motifs is 1. The van der Waals surface area contributed by atoms with Crippen LogP contribution >= 0.6 is 11.8 Å². The molecule has 3 atom stereocenters. The molecule has 4 rings (SSSR count). The predicted molar refractivity (Wildman–Crippen MR) is 125 cm³/mol. The van der Waals surface area contributed by atoms with Gasteiger partial charge >= 0.3 is 5.97 Å². The largest absolute Gasteiger partial charge is 0.460 e. The Hall–Kier alpha value is -3.44. The quantitative estimate of drug-likeness (QED) is 0.262. The molecular formula is C23H24N4O6S. The van der Waals surface area contributed by atoms with Crippen molar-refractivity contribution < 1.29 is 24.0 Å². The highest BCUT2D eigenvalue weighted by Crippen LogP contribution is 2.42. The molecule has 2 amide bonds. The van der Waals surface area contributed by atoms with E-state index in [-0.39, 0.29) is 42.6 Å². The van der Waals surface area contributed by atoms with Crippen LogP contribution in [0.4, 0.5) is 5.69 Å². The molecule has 0 spiro atoms. The maximum absolute atomic E-state index is 12.8. The molecule has 0 aliphatic carbocycles. The molecule has 0 saturated carbocycles. The van der Waals surface area contributed by atoms with Crippen LogP contribution in [0.3, 0.4) is 0 Å². The molecule has 2 fully saturated rings. The van der Waals surface area contributed by atoms with E-state index in [2.05, 4.69) is 5.32 Å². The average Bonchev–Trinajstić information content (AvgIpc) is 2.85. The van der Waals surface area contributed by atoms with Gasteiger partial charge in [-0.25, -0.2) is 0 Å². The third-order valence-electron chi connectivity index (χ3n) is 6.01. The molecule has 10 nitrogen and oxygen atoms in total. The maximum Gasteiger partial charge on any atom is 0.314 e. The van der Waals surface area contributed by atoms with E-state index in [1.165, 1.54) is 36.0 Å². The molecule has 0 bridgehead atoms. The van der Waals surface area contributed by atoms with Crippen molar-refractivity contribution in [2.45, 2.75) is 31.5 Å². The third kappa shape index (κ3) is 4.48. The van der Waals surface area contributed by atoms with Gasteiger partial charge in [-0.2, -0.15) is 0 Å². The van der Waals surface area contributed by atoms with Crippen molar-refractivity contribution in [1.82, 2.24) is 10.2 Å². The molecule has 2 heterocycles. The first-order valence-electron chi connectivity index (χ1n) is 10.6. The topological polar surface area (TPSA) is 145 Å². The number of carbonyl (C=O) groups excluding carboxylic acids is 3. The number of nitro benzene ring substituents is 1. The van der Waals surface area contributed by atoms with Crippen molar-refractivity contribution in [1.29, 1.82) is 0 Å². The Balaban J connectivity index is 1.34. The summed E-state index contributed by atoms with van der Waals surface area (Å²) in [6.45, 7) is 2.12. The lowest BCUT2D eigenvalue weighted by Gasteiger charge is -2.53. The molecule has 2 saturated heterocycles. The molecule has 3 N–H and O–H groups in total. The van der Waals surface area contributed by atoms with Gasteiger partial charge in [0.2, 0.25) is 5.91 Å². The average molecular weight is 485 g/mol. The van der Waals surface area contributed by atoms with E-state index in [0.29, 0.717) is 22.4 Å². The Morgan fingerprint density at radius 3 is 2.65 bits per heavy atom. The Labute approximate surface area is 200 Å². The number of rotatable bonds is 7. The van der Waals surface area contributed by atoms with E-state index in [1.54, 1.807) is 36.1 Å². The number of nitrogens with one attached hydrogen (secondary N) is 1. The van der Waals surface area contributed by atoms with Gasteiger partial charge in [-0.15, -0.1) is 11.8 Å². The molecular weight excluding hydrogens is 460 g/mol. The number of benzene rings is 2. The second-order valence-electron chi connectivity index (χ2n) is 8.54. The number of thioether (sulfide) groups is 1. The van der Waals surface area contributed by atoms with Crippen molar-refractivity contribution in [2.24, 2.45) is 11.1 Å². The van der Waals surface area contributed by atoms with Crippen molar-refractivity contribution in [3.8, 4) is 0 Å². The monoisotopic (exact) mass is 484 g/mol. The predicted octanol–water partition coefficient (Wildman–Crippen LogP) is 1.82. The van der Waals surface area contributed by atoms with Gasteiger partial charge in [0.1, 0.15) is 18.0 Å². The SMILES string of the molecule is CC1(C(=O)OCc2ccc([N+](=O)[O-])cc2)CS[C@@H]2C(NC(=O)c3ccccc3CN)C(=O)N2C1. The highest BCUT2D eigenvalue weighted by atomic mass is 32.2. The summed E-state index contributed by atoms with van der Waals surface area (Å²) in [6, 6.07) is 12.1. The van der Waals surface area contributed by atoms with Gasteiger partial charge in [-0.3, -0.25) is 24.5 Å². The van der Waals surface area contributed by atoms with Crippen molar-refractivity contribution in [3.05, 3.63) is 75.3 Å². The molecule has 2 aliphatic heterocycles. The smallest absolute Gasteiger partial charge is 0.314 e. The van der Waals surface area contributed by atoms with Crippen molar-refractivity contribution >= 4 is 35.2 Å². The lowest BCUT2D eigenvalue weighted by molar-refractivity contribution is -0.384. The number of ether oxygens (including phenoxy) is 1. The first kappa shape index (κ1) is 23.7. The second-order valence-corrected chi connectivity index (χ2v) is 9.65. The number of nitro groups is 1. The number of amides is 2. The van der Waals surface area contributed by atoms with E-state index in [9.17, 15) is 24.5 Å². The summed E-state index contributed by atoms with van der Waals surface area (Å²) in [5.41, 5.74) is 6.53. The molecule has 2 aliphatic rings. The Bertz CT molecular complexity index is 1140. The first-order valence-corrected chi connectivity index (χ1v) is 11.7. The first-order chi connectivity index (χ1) is 16.2. The maximum atomic E-state index is 12.8. The molecule has 2 aromatic rings. The van der Waals surface area contributed by atoms with Gasteiger partial charge in [0, 0.05) is 36.5 Å². The highest BCUT2D eigenvalue weighted by molar-refractivity contribution is 8.00. The van der Waals surface area contributed by atoms with E-state index in [0.717, 1.165) is 0 Å². The number of non-ortho nitro benzene ring substituents is 1. The van der Waals surface area contributed by atoms with Crippen molar-refractivity contribution in [3.63, 3.8) is 0 Å². The number of nitrogens with zero attached hydrogens (tertiary/aromatic N) is 2. The van der Waals surface area contributed by atoms with E-state index < -0.39 is 22.3 Å². The summed E-state index contributed by atoms with van der Waals surface area (Å²) in [5, 5.41) is 13.3. The fourth-order valence-corrected chi connectivity index (χ4v) is 5.48. The molecule has 0 radical (unpaired) electrons. The van der Waals surface area contributed by atoms with Gasteiger partial charge in [-0.05, 0) is 36.2 Å². The Kier molecular flexibility index (Phi) is 6.58. The van der Waals surface area contributed by atoms with Crippen LogP contribution in [0.5, 0.6) is 0 Å². The minimum atomic E-state index is -0.904. The Morgan fingerprint density at radius 2 is 1.97 bits per heavy atom. The van der Waals surface area contributed by atoms with E-state index in [1.807, 2.05) is 0 Å².